The number of carboxylic acids is 1. The number of carboxylic acid groups (broad SMARTS) is 1. The summed E-state index contributed by atoms with van der Waals surface area (Å²) in [6.45, 7) is 4.78. The van der Waals surface area contributed by atoms with Gasteiger partial charge in [0.2, 0.25) is 0 Å². The fourth-order valence-electron chi connectivity index (χ4n) is 2.21. The van der Waals surface area contributed by atoms with Gasteiger partial charge in [0.15, 0.2) is 17.5 Å². The van der Waals surface area contributed by atoms with Crippen LogP contribution >= 0.6 is 11.8 Å². The van der Waals surface area contributed by atoms with E-state index in [1.165, 1.54) is 0 Å². The standard InChI is InChI=1S/C15H16F3NO4S/c1-15(2,3)23-14(22)19-9(13(20)21)6-24-12(19)7-4-5-8(16)11(18)10(7)17/h4-5,9,12H,6H2,1-3H3,(H,20,21)/t9-,12?/m1/s1. The lowest BCUT2D eigenvalue weighted by Crippen LogP contribution is -2.45. The summed E-state index contributed by atoms with van der Waals surface area (Å²) >= 11 is 0.938. The molecular weight excluding hydrogens is 347 g/mol. The molecule has 0 radical (unpaired) electrons. The average Bonchev–Trinajstić information content (AvgIpc) is 2.88. The van der Waals surface area contributed by atoms with E-state index in [2.05, 4.69) is 0 Å². The number of hydrogen-bond donors (Lipinski definition) is 1. The number of ether oxygens (including phenoxy) is 1. The van der Waals surface area contributed by atoms with Crippen molar-refractivity contribution in [1.82, 2.24) is 4.90 Å². The topological polar surface area (TPSA) is 66.8 Å². The number of thioether (sulfide) groups is 1. The highest BCUT2D eigenvalue weighted by Crippen LogP contribution is 2.43. The highest BCUT2D eigenvalue weighted by atomic mass is 32.2. The van der Waals surface area contributed by atoms with Crippen LogP contribution in [0.4, 0.5) is 18.0 Å². The molecule has 0 saturated carbocycles. The lowest BCUT2D eigenvalue weighted by molar-refractivity contribution is -0.142. The maximum atomic E-state index is 14.1. The lowest BCUT2D eigenvalue weighted by Gasteiger charge is -2.30. The van der Waals surface area contributed by atoms with Crippen molar-refractivity contribution in [2.75, 3.05) is 5.75 Å². The second kappa shape index (κ2) is 6.54. The predicted octanol–water partition coefficient (Wildman–Crippen LogP) is 3.54. The van der Waals surface area contributed by atoms with Crippen molar-refractivity contribution < 1.29 is 32.6 Å². The summed E-state index contributed by atoms with van der Waals surface area (Å²) in [5, 5.41) is 8.14. The summed E-state index contributed by atoms with van der Waals surface area (Å²) in [7, 11) is 0. The third-order valence-corrected chi connectivity index (χ3v) is 4.53. The number of hydrogen-bond acceptors (Lipinski definition) is 4. The molecule has 24 heavy (non-hydrogen) atoms. The minimum absolute atomic E-state index is 0.0301. The first-order valence-corrected chi connectivity index (χ1v) is 8.07. The smallest absolute Gasteiger partial charge is 0.412 e. The number of amides is 1. The van der Waals surface area contributed by atoms with Crippen LogP contribution in [0.25, 0.3) is 0 Å². The first kappa shape index (κ1) is 18.4. The van der Waals surface area contributed by atoms with E-state index < -0.39 is 46.5 Å². The molecule has 1 N–H and O–H groups in total. The fraction of sp³-hybridized carbons (Fsp3) is 0.467. The highest BCUT2D eigenvalue weighted by Gasteiger charge is 2.45. The number of rotatable bonds is 2. The molecule has 1 heterocycles. The van der Waals surface area contributed by atoms with Gasteiger partial charge in [-0.2, -0.15) is 0 Å². The molecule has 1 aliphatic heterocycles. The summed E-state index contributed by atoms with van der Waals surface area (Å²) in [6, 6.07) is 0.463. The summed E-state index contributed by atoms with van der Waals surface area (Å²) in [5.41, 5.74) is -1.21. The molecule has 2 rings (SSSR count). The SMILES string of the molecule is CC(C)(C)OC(=O)N1C(c2ccc(F)c(F)c2F)SC[C@@H]1C(=O)O. The number of benzene rings is 1. The van der Waals surface area contributed by atoms with Crippen LogP contribution in [0.15, 0.2) is 12.1 Å². The molecule has 9 heteroatoms. The molecular formula is C15H16F3NO4S. The van der Waals surface area contributed by atoms with E-state index in [1.54, 1.807) is 20.8 Å². The molecule has 5 nitrogen and oxygen atoms in total. The van der Waals surface area contributed by atoms with Gasteiger partial charge in [-0.1, -0.05) is 6.07 Å². The zero-order chi connectivity index (χ0) is 18.2. The summed E-state index contributed by atoms with van der Waals surface area (Å²) in [4.78, 5) is 24.6. The Kier molecular flexibility index (Phi) is 5.03. The Balaban J connectivity index is 2.43. The van der Waals surface area contributed by atoms with Gasteiger partial charge < -0.3 is 9.84 Å². The van der Waals surface area contributed by atoms with Gasteiger partial charge in [-0.15, -0.1) is 11.8 Å². The number of nitrogens with zero attached hydrogens (tertiary/aromatic N) is 1. The number of halogens is 3. The molecule has 2 atom stereocenters. The normalized spacial score (nSPS) is 21.0. The molecule has 1 saturated heterocycles. The molecule has 1 aromatic rings. The summed E-state index contributed by atoms with van der Waals surface area (Å²) in [6.07, 6.45) is -0.964. The molecule has 132 valence electrons. The van der Waals surface area contributed by atoms with Crippen molar-refractivity contribution in [3.63, 3.8) is 0 Å². The van der Waals surface area contributed by atoms with Crippen LogP contribution in [0.1, 0.15) is 31.7 Å². The van der Waals surface area contributed by atoms with E-state index in [0.29, 0.717) is 0 Å². The monoisotopic (exact) mass is 363 g/mol. The van der Waals surface area contributed by atoms with E-state index in [0.717, 1.165) is 28.8 Å². The average molecular weight is 363 g/mol. The predicted molar refractivity (Wildman–Crippen MR) is 81.0 cm³/mol. The van der Waals surface area contributed by atoms with Gasteiger partial charge in [0, 0.05) is 11.3 Å². The van der Waals surface area contributed by atoms with Gasteiger partial charge in [0.25, 0.3) is 0 Å². The Bertz CT molecular complexity index is 677. The van der Waals surface area contributed by atoms with Gasteiger partial charge in [-0.3, -0.25) is 4.90 Å². The van der Waals surface area contributed by atoms with Crippen LogP contribution in [0.5, 0.6) is 0 Å². The molecule has 0 aromatic heterocycles. The van der Waals surface area contributed by atoms with Crippen molar-refractivity contribution in [2.45, 2.75) is 37.8 Å². The Labute approximate surface area is 140 Å². The van der Waals surface area contributed by atoms with Crippen LogP contribution in [-0.2, 0) is 9.53 Å². The van der Waals surface area contributed by atoms with Crippen LogP contribution in [0.2, 0.25) is 0 Å². The number of carbonyl (C=O) groups excluding carboxylic acids is 1. The van der Waals surface area contributed by atoms with Gasteiger partial charge in [-0.25, -0.2) is 22.8 Å². The van der Waals surface area contributed by atoms with Crippen LogP contribution in [-0.4, -0.2) is 39.5 Å². The van der Waals surface area contributed by atoms with Gasteiger partial charge in [0.1, 0.15) is 17.0 Å². The van der Waals surface area contributed by atoms with E-state index in [9.17, 15) is 27.9 Å². The van der Waals surface area contributed by atoms with Gasteiger partial charge in [-0.05, 0) is 26.8 Å². The molecule has 0 bridgehead atoms. The Morgan fingerprint density at radius 3 is 2.42 bits per heavy atom. The first-order chi connectivity index (χ1) is 11.0. The zero-order valence-electron chi connectivity index (χ0n) is 13.2. The maximum Gasteiger partial charge on any atom is 0.412 e. The number of carbonyl (C=O) groups is 2. The summed E-state index contributed by atoms with van der Waals surface area (Å²) in [5.74, 6) is -5.81. The zero-order valence-corrected chi connectivity index (χ0v) is 14.0. The maximum absolute atomic E-state index is 14.1. The van der Waals surface area contributed by atoms with Crippen LogP contribution < -0.4 is 0 Å². The Morgan fingerprint density at radius 1 is 1.25 bits per heavy atom. The molecule has 1 aromatic carbocycles. The van der Waals surface area contributed by atoms with E-state index >= 15 is 0 Å². The minimum Gasteiger partial charge on any atom is -0.480 e. The first-order valence-electron chi connectivity index (χ1n) is 7.02. The third kappa shape index (κ3) is 3.61. The fourth-order valence-corrected chi connectivity index (χ4v) is 3.63. The minimum atomic E-state index is -1.67. The van der Waals surface area contributed by atoms with E-state index in [4.69, 9.17) is 4.74 Å². The van der Waals surface area contributed by atoms with Gasteiger partial charge in [0.05, 0.1) is 0 Å². The van der Waals surface area contributed by atoms with E-state index in [-0.39, 0.29) is 11.3 Å². The molecule has 0 aliphatic carbocycles. The van der Waals surface area contributed by atoms with Crippen molar-refractivity contribution in [1.29, 1.82) is 0 Å². The third-order valence-electron chi connectivity index (χ3n) is 3.22. The molecule has 1 aliphatic rings. The van der Waals surface area contributed by atoms with E-state index in [1.807, 2.05) is 0 Å². The second-order valence-electron chi connectivity index (χ2n) is 6.19. The van der Waals surface area contributed by atoms with Crippen molar-refractivity contribution >= 4 is 23.8 Å². The van der Waals surface area contributed by atoms with Crippen molar-refractivity contribution in [3.8, 4) is 0 Å². The van der Waals surface area contributed by atoms with Crippen LogP contribution in [0.3, 0.4) is 0 Å². The molecule has 1 fully saturated rings. The molecule has 1 amide bonds. The van der Waals surface area contributed by atoms with Crippen LogP contribution in [0, 0.1) is 17.5 Å². The number of aliphatic carboxylic acids is 1. The largest absolute Gasteiger partial charge is 0.480 e. The molecule has 0 spiro atoms. The highest BCUT2D eigenvalue weighted by molar-refractivity contribution is 7.99. The van der Waals surface area contributed by atoms with Crippen molar-refractivity contribution in [3.05, 3.63) is 35.1 Å². The Hall–Kier alpha value is -1.90. The van der Waals surface area contributed by atoms with Gasteiger partial charge >= 0.3 is 12.1 Å². The molecule has 1 unspecified atom stereocenters. The Morgan fingerprint density at radius 2 is 1.88 bits per heavy atom. The lowest BCUT2D eigenvalue weighted by atomic mass is 10.1. The quantitative estimate of drug-likeness (QED) is 0.814. The summed E-state index contributed by atoms with van der Waals surface area (Å²) < 4.78 is 45.8. The van der Waals surface area contributed by atoms with Crippen molar-refractivity contribution in [2.24, 2.45) is 0 Å². The second-order valence-corrected chi connectivity index (χ2v) is 7.31.